The minimum Gasteiger partial charge on any atom is -0.386 e. The van der Waals surface area contributed by atoms with Gasteiger partial charge in [0.25, 0.3) is 0 Å². The molecule has 1 saturated carbocycles. The average molecular weight is 856 g/mol. The fraction of sp³-hybridized carbons (Fsp3) is 0.771. The van der Waals surface area contributed by atoms with E-state index in [2.05, 4.69) is 29.7 Å². The number of likely N-dealkylation sites (tertiary alicyclic amines) is 1. The molecule has 2 unspecified atom stereocenters. The molecule has 2 fully saturated rings. The number of methoxy groups -OCH3 is 2. The summed E-state index contributed by atoms with van der Waals surface area (Å²) in [5, 5.41) is 17.4. The second kappa shape index (κ2) is 23.8. The number of aliphatic hydroxyl groups is 1. The van der Waals surface area contributed by atoms with E-state index in [1.165, 1.54) is 36.6 Å². The van der Waals surface area contributed by atoms with Crippen LogP contribution in [0.5, 0.6) is 0 Å². The van der Waals surface area contributed by atoms with Crippen LogP contribution in [0.25, 0.3) is 0 Å². The predicted octanol–water partition coefficient (Wildman–Crippen LogP) is 6.08. The molecule has 1 aromatic rings. The van der Waals surface area contributed by atoms with Crippen molar-refractivity contribution in [3.8, 4) is 0 Å². The Balaban J connectivity index is 1.75. The maximum absolute atomic E-state index is 14.4. The third-order valence-electron chi connectivity index (χ3n) is 13.7. The van der Waals surface area contributed by atoms with Crippen molar-refractivity contribution < 1.29 is 38.6 Å². The molecule has 2 aliphatic rings. The quantitative estimate of drug-likeness (QED) is 0.113. The van der Waals surface area contributed by atoms with Crippen molar-refractivity contribution >= 4 is 29.5 Å². The number of nitrogens with zero attached hydrogens (tertiary/aromatic N) is 3. The van der Waals surface area contributed by atoms with Crippen LogP contribution in [0.4, 0.5) is 0 Å². The summed E-state index contributed by atoms with van der Waals surface area (Å²) in [5.41, 5.74) is 2.01. The van der Waals surface area contributed by atoms with Crippen molar-refractivity contribution in [3.05, 3.63) is 35.4 Å². The lowest BCUT2D eigenvalue weighted by Crippen LogP contribution is -2.60. The molecule has 3 rings (SSSR count). The van der Waals surface area contributed by atoms with Gasteiger partial charge in [-0.1, -0.05) is 98.9 Å². The van der Waals surface area contributed by atoms with E-state index in [0.717, 1.165) is 24.3 Å². The molecule has 0 aromatic heterocycles. The van der Waals surface area contributed by atoms with Gasteiger partial charge in [0.1, 0.15) is 12.1 Å². The third kappa shape index (κ3) is 13.5. The molecule has 11 atom stereocenters. The van der Waals surface area contributed by atoms with Gasteiger partial charge < -0.3 is 39.9 Å². The second-order valence-electron chi connectivity index (χ2n) is 18.8. The van der Waals surface area contributed by atoms with Gasteiger partial charge in [0.05, 0.1) is 48.8 Å². The summed E-state index contributed by atoms with van der Waals surface area (Å²) in [5.74, 6) is -1.27. The number of carbonyl (C=O) groups excluding carboxylic acids is 5. The van der Waals surface area contributed by atoms with E-state index in [4.69, 9.17) is 9.47 Å². The smallest absolute Gasteiger partial charge is 0.245 e. The summed E-state index contributed by atoms with van der Waals surface area (Å²) in [6.45, 7) is 19.2. The summed E-state index contributed by atoms with van der Waals surface area (Å²) < 4.78 is 12.1. The van der Waals surface area contributed by atoms with Gasteiger partial charge in [-0.3, -0.25) is 24.0 Å². The van der Waals surface area contributed by atoms with E-state index in [9.17, 15) is 29.1 Å². The van der Waals surface area contributed by atoms with Gasteiger partial charge in [-0.25, -0.2) is 0 Å². The van der Waals surface area contributed by atoms with Crippen LogP contribution in [0.15, 0.2) is 24.3 Å². The molecule has 1 aliphatic heterocycles. The Morgan fingerprint density at radius 1 is 0.852 bits per heavy atom. The molecular formula is C48H81N5O8. The average Bonchev–Trinajstić information content (AvgIpc) is 3.93. The summed E-state index contributed by atoms with van der Waals surface area (Å²) >= 11 is 0. The summed E-state index contributed by atoms with van der Waals surface area (Å²) in [6.07, 6.45) is 4.74. The predicted molar refractivity (Wildman–Crippen MR) is 239 cm³/mol. The number of hydrogen-bond donors (Lipinski definition) is 3. The molecule has 1 heterocycles. The monoisotopic (exact) mass is 856 g/mol. The van der Waals surface area contributed by atoms with Crippen molar-refractivity contribution in [2.75, 3.05) is 34.9 Å². The van der Waals surface area contributed by atoms with Gasteiger partial charge in [-0.2, -0.15) is 0 Å². The van der Waals surface area contributed by atoms with Gasteiger partial charge in [0.15, 0.2) is 0 Å². The molecule has 5 amide bonds. The Labute approximate surface area is 367 Å². The van der Waals surface area contributed by atoms with Gasteiger partial charge in [0.2, 0.25) is 29.5 Å². The summed E-state index contributed by atoms with van der Waals surface area (Å²) in [7, 11) is 6.40. The second-order valence-corrected chi connectivity index (χ2v) is 18.8. The Hall–Kier alpha value is -3.55. The van der Waals surface area contributed by atoms with E-state index in [0.29, 0.717) is 25.3 Å². The number of carbonyl (C=O) groups is 5. The first kappa shape index (κ1) is 51.8. The largest absolute Gasteiger partial charge is 0.386 e. The van der Waals surface area contributed by atoms with Crippen molar-refractivity contribution in [3.63, 3.8) is 0 Å². The number of rotatable bonds is 24. The van der Waals surface area contributed by atoms with E-state index < -0.39 is 54.3 Å². The lowest BCUT2D eigenvalue weighted by Gasteiger charge is -2.41. The molecule has 0 spiro atoms. The molecule has 0 bridgehead atoms. The highest BCUT2D eigenvalue weighted by molar-refractivity contribution is 5.92. The summed E-state index contributed by atoms with van der Waals surface area (Å²) in [6, 6.07) is 5.06. The maximum atomic E-state index is 14.4. The molecule has 13 heteroatoms. The molecule has 3 N–H and O–H groups in total. The van der Waals surface area contributed by atoms with Crippen LogP contribution < -0.4 is 10.6 Å². The van der Waals surface area contributed by atoms with Crippen molar-refractivity contribution in [1.82, 2.24) is 25.3 Å². The first-order valence-electron chi connectivity index (χ1n) is 23.0. The Morgan fingerprint density at radius 2 is 1.49 bits per heavy atom. The van der Waals surface area contributed by atoms with Crippen LogP contribution in [0.1, 0.15) is 144 Å². The maximum Gasteiger partial charge on any atom is 0.245 e. The molecule has 1 aliphatic carbocycles. The van der Waals surface area contributed by atoms with Crippen LogP contribution in [0, 0.1) is 29.6 Å². The normalized spacial score (nSPS) is 20.5. The lowest BCUT2D eigenvalue weighted by molar-refractivity contribution is -0.148. The van der Waals surface area contributed by atoms with E-state index >= 15 is 0 Å². The van der Waals surface area contributed by atoms with Crippen LogP contribution in [0.2, 0.25) is 0 Å². The standard InChI is InChI=1S/C48H81N5O8/c1-15-30(7)43(52(12)48(59)41(28(3)4)50-47(58)42(29(5)6)51(11)33(10)54)39(60-13)27-40(55)53-24-18-21-38(53)45(61-14)31(8)46(57)49-32(9)44(56)37-20-17-19-36(26-37)35(16-2)25-34-22-23-34/h17,19-20,26,28-32,34-35,38-39,41-45,56H,15-16,18,21-25,27H2,1-14H3,(H,49,57)(H,50,58)/t30-,31+,32+,35?,38-,39+,41-,42-,43?,44+,45+/m0/s1. The molecule has 13 nitrogen and oxygen atoms in total. The van der Waals surface area contributed by atoms with Crippen LogP contribution >= 0.6 is 0 Å². The van der Waals surface area contributed by atoms with Gasteiger partial charge in [-0.05, 0) is 73.3 Å². The molecular weight excluding hydrogens is 775 g/mol. The van der Waals surface area contributed by atoms with Crippen molar-refractivity contribution in [1.29, 1.82) is 0 Å². The topological polar surface area (TPSA) is 158 Å². The zero-order chi connectivity index (χ0) is 45.9. The minimum absolute atomic E-state index is 0.00396. The number of nitrogens with one attached hydrogen (secondary N) is 2. The molecule has 1 aromatic carbocycles. The van der Waals surface area contributed by atoms with E-state index in [-0.39, 0.29) is 53.8 Å². The highest BCUT2D eigenvalue weighted by Crippen LogP contribution is 2.40. The highest BCUT2D eigenvalue weighted by Gasteiger charge is 2.43. The zero-order valence-electron chi connectivity index (χ0n) is 39.9. The van der Waals surface area contributed by atoms with Gasteiger partial charge >= 0.3 is 0 Å². The molecule has 61 heavy (non-hydrogen) atoms. The molecule has 1 saturated heterocycles. The fourth-order valence-electron chi connectivity index (χ4n) is 9.41. The third-order valence-corrected chi connectivity index (χ3v) is 13.7. The van der Waals surface area contributed by atoms with Crippen LogP contribution in [0.3, 0.4) is 0 Å². The number of aliphatic hydroxyl groups excluding tert-OH is 1. The van der Waals surface area contributed by atoms with Gasteiger partial charge in [0, 0.05) is 41.8 Å². The Kier molecular flexibility index (Phi) is 20.2. The molecule has 346 valence electrons. The first-order valence-corrected chi connectivity index (χ1v) is 23.0. The lowest BCUT2D eigenvalue weighted by atomic mass is 9.88. The van der Waals surface area contributed by atoms with E-state index in [1.807, 2.05) is 60.6 Å². The SMILES string of the molecule is CCC(CC1CC1)c1cccc([C@H](O)[C@@H](C)NC(=O)[C@H](C)[C@@H](OC)[C@@H]2CCCN2C(=O)C[C@@H](OC)C([C@@H](C)CC)N(C)C(=O)[C@@H](NC(=O)[C@H](C(C)C)N(C)C(C)=O)C(C)C)c1. The van der Waals surface area contributed by atoms with Crippen molar-refractivity contribution in [2.45, 2.75) is 175 Å². The van der Waals surface area contributed by atoms with E-state index in [1.54, 1.807) is 45.0 Å². The number of ether oxygens (including phenoxy) is 2. The minimum atomic E-state index is -0.896. The fourth-order valence-corrected chi connectivity index (χ4v) is 9.41. The summed E-state index contributed by atoms with van der Waals surface area (Å²) in [4.78, 5) is 73.2. The first-order chi connectivity index (χ1) is 28.7. The number of likely N-dealkylation sites (N-methyl/N-ethyl adjacent to an activating group) is 2. The van der Waals surface area contributed by atoms with Gasteiger partial charge in [-0.15, -0.1) is 0 Å². The van der Waals surface area contributed by atoms with Crippen molar-refractivity contribution in [2.24, 2.45) is 29.6 Å². The van der Waals surface area contributed by atoms with Crippen LogP contribution in [-0.4, -0.2) is 127 Å². The zero-order valence-corrected chi connectivity index (χ0v) is 39.9. The Morgan fingerprint density at radius 3 is 2.02 bits per heavy atom. The number of benzene rings is 1. The number of hydrogen-bond acceptors (Lipinski definition) is 8. The Bertz CT molecular complexity index is 1600. The highest BCUT2D eigenvalue weighted by atomic mass is 16.5. The van der Waals surface area contributed by atoms with Crippen LogP contribution in [-0.2, 0) is 33.4 Å². The number of amides is 5. The molecule has 0 radical (unpaired) electrons.